The number of ether oxygens (including phenoxy) is 1. The van der Waals surface area contributed by atoms with Crippen LogP contribution in [0.15, 0.2) is 6.07 Å². The molecule has 7 heteroatoms. The molecule has 0 aromatic carbocycles. The number of aryl methyl sites for hydroxylation is 1. The van der Waals surface area contributed by atoms with Gasteiger partial charge in [-0.15, -0.1) is 0 Å². The monoisotopic (exact) mass is 333 g/mol. The third-order valence-corrected chi connectivity index (χ3v) is 4.69. The molecule has 0 radical (unpaired) electrons. The normalized spacial score (nSPS) is 18.8. The summed E-state index contributed by atoms with van der Waals surface area (Å²) in [5.41, 5.74) is 0.999. The van der Waals surface area contributed by atoms with Crippen LogP contribution in [0.25, 0.3) is 0 Å². The first-order valence-electron chi connectivity index (χ1n) is 8.79. The minimum Gasteiger partial charge on any atom is -0.375 e. The van der Waals surface area contributed by atoms with Gasteiger partial charge in [0.15, 0.2) is 0 Å². The van der Waals surface area contributed by atoms with Crippen LogP contribution in [0.2, 0.25) is 0 Å². The van der Waals surface area contributed by atoms with Gasteiger partial charge >= 0.3 is 0 Å². The van der Waals surface area contributed by atoms with Gasteiger partial charge in [-0.2, -0.15) is 4.98 Å². The van der Waals surface area contributed by atoms with Crippen LogP contribution >= 0.6 is 0 Å². The molecule has 2 aliphatic heterocycles. The molecule has 0 saturated carbocycles. The Hall–Kier alpha value is -1.89. The molecule has 132 valence electrons. The smallest absolute Gasteiger partial charge is 0.248 e. The average molecular weight is 333 g/mol. The van der Waals surface area contributed by atoms with E-state index in [1.54, 1.807) is 7.11 Å². The first-order valence-corrected chi connectivity index (χ1v) is 8.79. The molecular weight excluding hydrogens is 306 g/mol. The highest BCUT2D eigenvalue weighted by Crippen LogP contribution is 2.21. The number of rotatable bonds is 4. The molecular formula is C17H27N5O2. The summed E-state index contributed by atoms with van der Waals surface area (Å²) in [5, 5.41) is 0. The molecule has 1 aromatic rings. The number of piperidine rings is 1. The van der Waals surface area contributed by atoms with Crippen molar-refractivity contribution in [2.45, 2.75) is 26.2 Å². The zero-order valence-electron chi connectivity index (χ0n) is 14.7. The molecule has 0 bridgehead atoms. The molecule has 3 rings (SSSR count). The molecule has 0 aliphatic carbocycles. The van der Waals surface area contributed by atoms with Crippen molar-refractivity contribution in [1.29, 1.82) is 0 Å². The average Bonchev–Trinajstić information content (AvgIpc) is 2.62. The van der Waals surface area contributed by atoms with Crippen molar-refractivity contribution < 1.29 is 9.53 Å². The van der Waals surface area contributed by atoms with Crippen LogP contribution < -0.4 is 9.80 Å². The van der Waals surface area contributed by atoms with Crippen molar-refractivity contribution in [3.63, 3.8) is 0 Å². The number of methoxy groups -OCH3 is 1. The Morgan fingerprint density at radius 2 is 1.75 bits per heavy atom. The van der Waals surface area contributed by atoms with Crippen molar-refractivity contribution >= 4 is 17.7 Å². The fourth-order valence-corrected chi connectivity index (χ4v) is 3.33. The SMILES string of the molecule is COCC(=O)N1CCN(c2nc(C)cc(N3CCCCC3)n2)CC1. The Balaban J connectivity index is 1.67. The molecule has 2 saturated heterocycles. The second-order valence-corrected chi connectivity index (χ2v) is 6.52. The summed E-state index contributed by atoms with van der Waals surface area (Å²) in [6.45, 7) is 7.25. The molecule has 2 aliphatic rings. The van der Waals surface area contributed by atoms with E-state index in [2.05, 4.69) is 20.9 Å². The zero-order valence-corrected chi connectivity index (χ0v) is 14.7. The fourth-order valence-electron chi connectivity index (χ4n) is 3.33. The van der Waals surface area contributed by atoms with Crippen LogP contribution in [0.3, 0.4) is 0 Å². The third kappa shape index (κ3) is 3.95. The number of piperazine rings is 1. The third-order valence-electron chi connectivity index (χ3n) is 4.69. The minimum absolute atomic E-state index is 0.0521. The van der Waals surface area contributed by atoms with Gasteiger partial charge in [-0.1, -0.05) is 0 Å². The second-order valence-electron chi connectivity index (χ2n) is 6.52. The van der Waals surface area contributed by atoms with Crippen LogP contribution in [0.1, 0.15) is 25.0 Å². The second kappa shape index (κ2) is 7.79. The molecule has 0 spiro atoms. The molecule has 0 N–H and O–H groups in total. The van der Waals surface area contributed by atoms with Crippen molar-refractivity contribution in [1.82, 2.24) is 14.9 Å². The number of carbonyl (C=O) groups is 1. The Morgan fingerprint density at radius 1 is 1.04 bits per heavy atom. The van der Waals surface area contributed by atoms with E-state index in [1.165, 1.54) is 19.3 Å². The summed E-state index contributed by atoms with van der Waals surface area (Å²) >= 11 is 0. The number of carbonyl (C=O) groups excluding carboxylic acids is 1. The quantitative estimate of drug-likeness (QED) is 0.821. The predicted octanol–water partition coefficient (Wildman–Crippen LogP) is 1.07. The van der Waals surface area contributed by atoms with Gasteiger partial charge in [0.25, 0.3) is 0 Å². The molecule has 24 heavy (non-hydrogen) atoms. The summed E-state index contributed by atoms with van der Waals surface area (Å²) in [6.07, 6.45) is 3.78. The number of amides is 1. The minimum atomic E-state index is 0.0521. The van der Waals surface area contributed by atoms with Gasteiger partial charge in [-0.3, -0.25) is 4.79 Å². The number of aromatic nitrogens is 2. The van der Waals surface area contributed by atoms with Crippen LogP contribution in [-0.4, -0.2) is 73.8 Å². The highest BCUT2D eigenvalue weighted by atomic mass is 16.5. The molecule has 0 unspecified atom stereocenters. The maximum absolute atomic E-state index is 11.9. The lowest BCUT2D eigenvalue weighted by Crippen LogP contribution is -2.50. The molecule has 2 fully saturated rings. The van der Waals surface area contributed by atoms with E-state index in [0.717, 1.165) is 43.6 Å². The number of hydrogen-bond donors (Lipinski definition) is 0. The van der Waals surface area contributed by atoms with E-state index >= 15 is 0 Å². The van der Waals surface area contributed by atoms with Gasteiger partial charge in [0.2, 0.25) is 11.9 Å². The van der Waals surface area contributed by atoms with E-state index < -0.39 is 0 Å². The van der Waals surface area contributed by atoms with E-state index in [-0.39, 0.29) is 12.5 Å². The molecule has 3 heterocycles. The van der Waals surface area contributed by atoms with E-state index in [4.69, 9.17) is 9.72 Å². The number of nitrogens with zero attached hydrogens (tertiary/aromatic N) is 5. The molecule has 1 amide bonds. The van der Waals surface area contributed by atoms with E-state index in [0.29, 0.717) is 13.1 Å². The first-order chi connectivity index (χ1) is 11.7. The topological polar surface area (TPSA) is 61.8 Å². The van der Waals surface area contributed by atoms with Crippen molar-refractivity contribution in [2.75, 3.05) is 62.8 Å². The van der Waals surface area contributed by atoms with Crippen molar-refractivity contribution in [2.24, 2.45) is 0 Å². The van der Waals surface area contributed by atoms with Crippen LogP contribution in [0, 0.1) is 6.92 Å². The maximum atomic E-state index is 11.9. The van der Waals surface area contributed by atoms with Crippen molar-refractivity contribution in [3.05, 3.63) is 11.8 Å². The first kappa shape index (κ1) is 17.0. The van der Waals surface area contributed by atoms with Crippen molar-refractivity contribution in [3.8, 4) is 0 Å². The Labute approximate surface area is 143 Å². The van der Waals surface area contributed by atoms with E-state index in [1.807, 2.05) is 11.8 Å². The summed E-state index contributed by atoms with van der Waals surface area (Å²) in [4.78, 5) is 27.7. The fraction of sp³-hybridized carbons (Fsp3) is 0.706. The molecule has 0 atom stereocenters. The Morgan fingerprint density at radius 3 is 2.42 bits per heavy atom. The van der Waals surface area contributed by atoms with Gasteiger partial charge < -0.3 is 19.4 Å². The van der Waals surface area contributed by atoms with Gasteiger partial charge in [0.1, 0.15) is 12.4 Å². The standard InChI is InChI=1S/C17H27N5O2/c1-14-12-15(20-6-4-3-5-7-20)19-17(18-14)22-10-8-21(9-11-22)16(23)13-24-2/h12H,3-11,13H2,1-2H3. The van der Waals surface area contributed by atoms with Gasteiger partial charge in [-0.25, -0.2) is 4.98 Å². The van der Waals surface area contributed by atoms with E-state index in [9.17, 15) is 4.79 Å². The lowest BCUT2D eigenvalue weighted by atomic mass is 10.1. The summed E-state index contributed by atoms with van der Waals surface area (Å²) in [5.74, 6) is 1.88. The lowest BCUT2D eigenvalue weighted by Gasteiger charge is -2.35. The van der Waals surface area contributed by atoms with Crippen LogP contribution in [-0.2, 0) is 9.53 Å². The van der Waals surface area contributed by atoms with Crippen LogP contribution in [0.4, 0.5) is 11.8 Å². The Kier molecular flexibility index (Phi) is 5.50. The largest absolute Gasteiger partial charge is 0.375 e. The van der Waals surface area contributed by atoms with Gasteiger partial charge in [0, 0.05) is 58.1 Å². The highest BCUT2D eigenvalue weighted by Gasteiger charge is 2.23. The highest BCUT2D eigenvalue weighted by molar-refractivity contribution is 5.77. The summed E-state index contributed by atoms with van der Waals surface area (Å²) in [6, 6.07) is 2.08. The Bertz CT molecular complexity index is 566. The van der Waals surface area contributed by atoms with Gasteiger partial charge in [-0.05, 0) is 26.2 Å². The number of hydrogen-bond acceptors (Lipinski definition) is 6. The maximum Gasteiger partial charge on any atom is 0.248 e. The number of anilines is 2. The lowest BCUT2D eigenvalue weighted by molar-refractivity contribution is -0.135. The van der Waals surface area contributed by atoms with Gasteiger partial charge in [0.05, 0.1) is 0 Å². The van der Waals surface area contributed by atoms with Crippen LogP contribution in [0.5, 0.6) is 0 Å². The predicted molar refractivity (Wildman–Crippen MR) is 93.5 cm³/mol. The molecule has 1 aromatic heterocycles. The summed E-state index contributed by atoms with van der Waals surface area (Å²) in [7, 11) is 1.55. The molecule has 7 nitrogen and oxygen atoms in total. The summed E-state index contributed by atoms with van der Waals surface area (Å²) < 4.78 is 4.93. The zero-order chi connectivity index (χ0) is 16.9.